The number of nitrogens with zero attached hydrogens (tertiary/aromatic N) is 2. The van der Waals surface area contributed by atoms with E-state index in [2.05, 4.69) is 15.0 Å². The molecule has 1 heterocycles. The van der Waals surface area contributed by atoms with Crippen LogP contribution in [-0.2, 0) is 4.74 Å². The molecule has 0 aliphatic heterocycles. The van der Waals surface area contributed by atoms with E-state index in [1.807, 2.05) is 0 Å². The van der Waals surface area contributed by atoms with Crippen LogP contribution in [0.3, 0.4) is 0 Å². The lowest BCUT2D eigenvalue weighted by atomic mass is 10.1. The Morgan fingerprint density at radius 3 is 2.74 bits per heavy atom. The Morgan fingerprint density at radius 1 is 1.35 bits per heavy atom. The Bertz CT molecular complexity index is 794. The van der Waals surface area contributed by atoms with Crippen molar-refractivity contribution in [2.75, 3.05) is 12.4 Å². The average molecular weight is 336 g/mol. The SMILES string of the molecule is COC(=O)c1cncc(NC(=O)c2c(Cl)cccc2[N+](=O)[O-])c1. The number of amides is 1. The summed E-state index contributed by atoms with van der Waals surface area (Å²) in [4.78, 5) is 37.8. The summed E-state index contributed by atoms with van der Waals surface area (Å²) in [5.41, 5.74) is -0.402. The normalized spacial score (nSPS) is 10.0. The fraction of sp³-hybridized carbons (Fsp3) is 0.0714. The third-order valence-corrected chi connectivity index (χ3v) is 3.15. The minimum absolute atomic E-state index is 0.0613. The van der Waals surface area contributed by atoms with Gasteiger partial charge in [0, 0.05) is 12.3 Å². The van der Waals surface area contributed by atoms with Crippen molar-refractivity contribution in [3.05, 3.63) is 62.9 Å². The molecule has 0 aliphatic rings. The number of anilines is 1. The second-order valence-corrected chi connectivity index (χ2v) is 4.71. The van der Waals surface area contributed by atoms with Crippen LogP contribution in [0.4, 0.5) is 11.4 Å². The summed E-state index contributed by atoms with van der Waals surface area (Å²) < 4.78 is 4.55. The molecule has 9 heteroatoms. The number of nitrogens with one attached hydrogen (secondary N) is 1. The molecule has 23 heavy (non-hydrogen) atoms. The second kappa shape index (κ2) is 6.84. The Morgan fingerprint density at radius 2 is 2.09 bits per heavy atom. The van der Waals surface area contributed by atoms with Crippen LogP contribution >= 0.6 is 11.6 Å². The summed E-state index contributed by atoms with van der Waals surface area (Å²) in [5, 5.41) is 13.4. The topological polar surface area (TPSA) is 111 Å². The third-order valence-electron chi connectivity index (χ3n) is 2.83. The second-order valence-electron chi connectivity index (χ2n) is 4.30. The molecule has 0 spiro atoms. The van der Waals surface area contributed by atoms with Gasteiger partial charge in [-0.15, -0.1) is 0 Å². The molecule has 1 aromatic heterocycles. The van der Waals surface area contributed by atoms with E-state index < -0.39 is 22.5 Å². The van der Waals surface area contributed by atoms with Crippen molar-refractivity contribution in [3.63, 3.8) is 0 Å². The predicted molar refractivity (Wildman–Crippen MR) is 81.6 cm³/mol. The minimum Gasteiger partial charge on any atom is -0.465 e. The molecular formula is C14H10ClN3O5. The number of benzene rings is 1. The van der Waals surface area contributed by atoms with Crippen molar-refractivity contribution in [2.24, 2.45) is 0 Å². The van der Waals surface area contributed by atoms with E-state index in [9.17, 15) is 19.7 Å². The van der Waals surface area contributed by atoms with Gasteiger partial charge in [0.2, 0.25) is 0 Å². The van der Waals surface area contributed by atoms with Crippen LogP contribution in [0.1, 0.15) is 20.7 Å². The van der Waals surface area contributed by atoms with Gasteiger partial charge >= 0.3 is 5.97 Å². The van der Waals surface area contributed by atoms with Crippen molar-refractivity contribution in [2.45, 2.75) is 0 Å². The number of nitro benzene ring substituents is 1. The summed E-state index contributed by atoms with van der Waals surface area (Å²) in [6.07, 6.45) is 2.55. The number of ether oxygens (including phenoxy) is 1. The van der Waals surface area contributed by atoms with Gasteiger partial charge in [0.1, 0.15) is 5.56 Å². The van der Waals surface area contributed by atoms with E-state index >= 15 is 0 Å². The van der Waals surface area contributed by atoms with E-state index in [1.54, 1.807) is 0 Å². The van der Waals surface area contributed by atoms with Crippen molar-refractivity contribution in [3.8, 4) is 0 Å². The van der Waals surface area contributed by atoms with Crippen molar-refractivity contribution in [1.82, 2.24) is 4.98 Å². The van der Waals surface area contributed by atoms with Crippen LogP contribution in [0.15, 0.2) is 36.7 Å². The molecule has 0 aliphatic carbocycles. The van der Waals surface area contributed by atoms with Crippen LogP contribution in [0, 0.1) is 10.1 Å². The summed E-state index contributed by atoms with van der Waals surface area (Å²) in [6, 6.07) is 5.24. The summed E-state index contributed by atoms with van der Waals surface area (Å²) in [7, 11) is 1.21. The van der Waals surface area contributed by atoms with Crippen LogP contribution in [0.25, 0.3) is 0 Å². The average Bonchev–Trinajstić information content (AvgIpc) is 2.53. The van der Waals surface area contributed by atoms with E-state index in [4.69, 9.17) is 11.6 Å². The molecule has 118 valence electrons. The van der Waals surface area contributed by atoms with E-state index in [0.29, 0.717) is 0 Å². The van der Waals surface area contributed by atoms with E-state index in [-0.39, 0.29) is 21.8 Å². The largest absolute Gasteiger partial charge is 0.465 e. The Hall–Kier alpha value is -3.00. The summed E-state index contributed by atoms with van der Waals surface area (Å²) in [5.74, 6) is -1.41. The van der Waals surface area contributed by atoms with Gasteiger partial charge in [0.15, 0.2) is 0 Å². The number of carbonyl (C=O) groups is 2. The molecule has 1 amide bonds. The van der Waals surface area contributed by atoms with Gasteiger partial charge in [-0.05, 0) is 12.1 Å². The lowest BCUT2D eigenvalue weighted by molar-refractivity contribution is -0.385. The number of hydrogen-bond acceptors (Lipinski definition) is 6. The van der Waals surface area contributed by atoms with Gasteiger partial charge in [-0.25, -0.2) is 4.79 Å². The lowest BCUT2D eigenvalue weighted by Crippen LogP contribution is -2.15. The smallest absolute Gasteiger partial charge is 0.339 e. The number of hydrogen-bond donors (Lipinski definition) is 1. The molecule has 0 radical (unpaired) electrons. The monoisotopic (exact) mass is 335 g/mol. The quantitative estimate of drug-likeness (QED) is 0.522. The molecular weight excluding hydrogens is 326 g/mol. The zero-order valence-electron chi connectivity index (χ0n) is 11.8. The van der Waals surface area contributed by atoms with E-state index in [1.165, 1.54) is 43.8 Å². The van der Waals surface area contributed by atoms with Crippen molar-refractivity contribution >= 4 is 34.9 Å². The summed E-state index contributed by atoms with van der Waals surface area (Å²) in [6.45, 7) is 0. The lowest BCUT2D eigenvalue weighted by Gasteiger charge is -2.08. The van der Waals surface area contributed by atoms with Crippen LogP contribution in [-0.4, -0.2) is 28.9 Å². The number of pyridine rings is 1. The maximum Gasteiger partial charge on any atom is 0.339 e. The summed E-state index contributed by atoms with van der Waals surface area (Å²) >= 11 is 5.88. The number of rotatable bonds is 4. The molecule has 2 rings (SSSR count). The Labute approximate surface area is 135 Å². The first kappa shape index (κ1) is 16.4. The number of esters is 1. The molecule has 0 atom stereocenters. The highest BCUT2D eigenvalue weighted by Gasteiger charge is 2.23. The minimum atomic E-state index is -0.786. The number of aromatic nitrogens is 1. The molecule has 8 nitrogen and oxygen atoms in total. The molecule has 0 saturated heterocycles. The first-order valence-corrected chi connectivity index (χ1v) is 6.59. The first-order valence-electron chi connectivity index (χ1n) is 6.21. The maximum absolute atomic E-state index is 12.3. The Balaban J connectivity index is 2.34. The number of methoxy groups -OCH3 is 1. The molecule has 1 aromatic carbocycles. The number of carbonyl (C=O) groups excluding carboxylic acids is 2. The van der Waals surface area contributed by atoms with Crippen molar-refractivity contribution < 1.29 is 19.2 Å². The van der Waals surface area contributed by atoms with Crippen LogP contribution in [0.5, 0.6) is 0 Å². The number of halogens is 1. The van der Waals surface area contributed by atoms with Gasteiger partial charge in [-0.3, -0.25) is 19.9 Å². The third kappa shape index (κ3) is 3.61. The highest BCUT2D eigenvalue weighted by molar-refractivity contribution is 6.35. The molecule has 0 fully saturated rings. The maximum atomic E-state index is 12.3. The van der Waals surface area contributed by atoms with Gasteiger partial charge in [0.05, 0.1) is 34.5 Å². The molecule has 1 N–H and O–H groups in total. The van der Waals surface area contributed by atoms with Gasteiger partial charge in [-0.2, -0.15) is 0 Å². The first-order chi connectivity index (χ1) is 10.9. The zero-order valence-corrected chi connectivity index (χ0v) is 12.5. The molecule has 0 bridgehead atoms. The van der Waals surface area contributed by atoms with E-state index in [0.717, 1.165) is 0 Å². The molecule has 0 unspecified atom stereocenters. The molecule has 2 aromatic rings. The van der Waals surface area contributed by atoms with Crippen LogP contribution in [0.2, 0.25) is 5.02 Å². The number of nitro groups is 1. The highest BCUT2D eigenvalue weighted by atomic mass is 35.5. The van der Waals surface area contributed by atoms with Crippen molar-refractivity contribution in [1.29, 1.82) is 0 Å². The Kier molecular flexibility index (Phi) is 4.87. The van der Waals surface area contributed by atoms with Gasteiger partial charge in [0.25, 0.3) is 11.6 Å². The highest BCUT2D eigenvalue weighted by Crippen LogP contribution is 2.27. The molecule has 0 saturated carbocycles. The zero-order chi connectivity index (χ0) is 17.0. The predicted octanol–water partition coefficient (Wildman–Crippen LogP) is 2.68. The van der Waals surface area contributed by atoms with Gasteiger partial charge in [-0.1, -0.05) is 17.7 Å². The van der Waals surface area contributed by atoms with Gasteiger partial charge < -0.3 is 10.1 Å². The fourth-order valence-corrected chi connectivity index (χ4v) is 2.08. The fourth-order valence-electron chi connectivity index (χ4n) is 1.82. The standard InChI is InChI=1S/C14H10ClN3O5/c1-23-14(20)8-5-9(7-16-6-8)17-13(19)12-10(15)3-2-4-11(12)18(21)22/h2-7H,1H3,(H,17,19). The van der Waals surface area contributed by atoms with Crippen LogP contribution < -0.4 is 5.32 Å².